The topological polar surface area (TPSA) is 89.8 Å². The molecule has 1 aromatic carbocycles. The minimum Gasteiger partial charge on any atom is -0.385 e. The summed E-state index contributed by atoms with van der Waals surface area (Å²) in [7, 11) is 0. The van der Waals surface area contributed by atoms with Gasteiger partial charge in [0.25, 0.3) is 0 Å². The van der Waals surface area contributed by atoms with Gasteiger partial charge in [-0.1, -0.05) is 0 Å². The van der Waals surface area contributed by atoms with Crippen LogP contribution in [-0.4, -0.2) is 16.5 Å². The molecule has 0 atom stereocenters. The number of nitrogens with one attached hydrogen (secondary N) is 1. The standard InChI is InChI=1S/C10H13N5/c1-2-13-6-3-4-8-7(5-6)9(11)15-10(12)14-8/h3-5,13H,2H2,1H3,(H4,11,12,14,15). The van der Waals surface area contributed by atoms with Crippen molar-refractivity contribution in [1.82, 2.24) is 9.97 Å². The van der Waals surface area contributed by atoms with E-state index in [9.17, 15) is 0 Å². The second-order valence-electron chi connectivity index (χ2n) is 3.23. The van der Waals surface area contributed by atoms with Gasteiger partial charge in [-0.25, -0.2) is 4.98 Å². The van der Waals surface area contributed by atoms with E-state index < -0.39 is 0 Å². The van der Waals surface area contributed by atoms with Crippen molar-refractivity contribution < 1.29 is 0 Å². The molecule has 78 valence electrons. The summed E-state index contributed by atoms with van der Waals surface area (Å²) in [5, 5.41) is 4.02. The van der Waals surface area contributed by atoms with Crippen molar-refractivity contribution in [3.63, 3.8) is 0 Å². The van der Waals surface area contributed by atoms with Gasteiger partial charge in [-0.3, -0.25) is 0 Å². The number of anilines is 3. The maximum absolute atomic E-state index is 5.76. The van der Waals surface area contributed by atoms with Gasteiger partial charge in [0.15, 0.2) is 0 Å². The third-order valence-electron chi connectivity index (χ3n) is 2.12. The van der Waals surface area contributed by atoms with Gasteiger partial charge < -0.3 is 16.8 Å². The highest BCUT2D eigenvalue weighted by molar-refractivity contribution is 5.91. The van der Waals surface area contributed by atoms with Crippen LogP contribution in [0.4, 0.5) is 17.5 Å². The first-order valence-corrected chi connectivity index (χ1v) is 4.77. The Bertz CT molecular complexity index is 494. The average Bonchev–Trinajstić information content (AvgIpc) is 2.19. The van der Waals surface area contributed by atoms with Crippen LogP contribution in [-0.2, 0) is 0 Å². The van der Waals surface area contributed by atoms with Crippen molar-refractivity contribution in [2.24, 2.45) is 0 Å². The zero-order valence-corrected chi connectivity index (χ0v) is 8.49. The Morgan fingerprint density at radius 3 is 2.80 bits per heavy atom. The molecule has 0 saturated heterocycles. The lowest BCUT2D eigenvalue weighted by Gasteiger charge is -2.06. The third kappa shape index (κ3) is 1.76. The Morgan fingerprint density at radius 1 is 1.27 bits per heavy atom. The molecule has 5 N–H and O–H groups in total. The maximum atomic E-state index is 5.76. The fraction of sp³-hybridized carbons (Fsp3) is 0.200. The number of nitrogens with zero attached hydrogens (tertiary/aromatic N) is 2. The summed E-state index contributed by atoms with van der Waals surface area (Å²) < 4.78 is 0. The van der Waals surface area contributed by atoms with E-state index in [-0.39, 0.29) is 5.95 Å². The molecule has 15 heavy (non-hydrogen) atoms. The zero-order valence-electron chi connectivity index (χ0n) is 8.49. The van der Waals surface area contributed by atoms with Crippen LogP contribution < -0.4 is 16.8 Å². The summed E-state index contributed by atoms with van der Waals surface area (Å²) in [5.74, 6) is 0.619. The minimum atomic E-state index is 0.205. The largest absolute Gasteiger partial charge is 0.385 e. The fourth-order valence-corrected chi connectivity index (χ4v) is 1.48. The summed E-state index contributed by atoms with van der Waals surface area (Å²) >= 11 is 0. The number of rotatable bonds is 2. The van der Waals surface area contributed by atoms with Crippen LogP contribution in [0.3, 0.4) is 0 Å². The summed E-state index contributed by atoms with van der Waals surface area (Å²) in [6.07, 6.45) is 0. The molecule has 0 aliphatic rings. The second-order valence-corrected chi connectivity index (χ2v) is 3.23. The van der Waals surface area contributed by atoms with E-state index >= 15 is 0 Å². The third-order valence-corrected chi connectivity index (χ3v) is 2.12. The molecule has 1 aromatic heterocycles. The Morgan fingerprint density at radius 2 is 2.07 bits per heavy atom. The van der Waals surface area contributed by atoms with Crippen LogP contribution in [0, 0.1) is 0 Å². The molecule has 0 saturated carbocycles. The molecule has 0 aliphatic heterocycles. The first kappa shape index (κ1) is 9.51. The fourth-order valence-electron chi connectivity index (χ4n) is 1.48. The minimum absolute atomic E-state index is 0.205. The van der Waals surface area contributed by atoms with Gasteiger partial charge in [-0.05, 0) is 25.1 Å². The van der Waals surface area contributed by atoms with E-state index in [1.807, 2.05) is 25.1 Å². The first-order chi connectivity index (χ1) is 7.20. The highest BCUT2D eigenvalue weighted by atomic mass is 15.0. The van der Waals surface area contributed by atoms with Crippen molar-refractivity contribution in [2.45, 2.75) is 6.92 Å². The highest BCUT2D eigenvalue weighted by Gasteiger charge is 2.03. The highest BCUT2D eigenvalue weighted by Crippen LogP contribution is 2.22. The Hall–Kier alpha value is -2.04. The number of benzene rings is 1. The van der Waals surface area contributed by atoms with E-state index in [0.29, 0.717) is 5.82 Å². The number of hydrogen-bond donors (Lipinski definition) is 3. The van der Waals surface area contributed by atoms with Crippen LogP contribution in [0.25, 0.3) is 10.9 Å². The van der Waals surface area contributed by atoms with Gasteiger partial charge in [0, 0.05) is 17.6 Å². The molecule has 0 spiro atoms. The van der Waals surface area contributed by atoms with Crippen LogP contribution >= 0.6 is 0 Å². The van der Waals surface area contributed by atoms with Crippen molar-refractivity contribution in [3.8, 4) is 0 Å². The Labute approximate surface area is 87.5 Å². The van der Waals surface area contributed by atoms with Gasteiger partial charge >= 0.3 is 0 Å². The van der Waals surface area contributed by atoms with Crippen LogP contribution in [0.1, 0.15) is 6.92 Å². The Balaban J connectivity index is 2.60. The van der Waals surface area contributed by atoms with Gasteiger partial charge in [-0.15, -0.1) is 0 Å². The Kier molecular flexibility index (Phi) is 2.29. The molecule has 0 amide bonds. The van der Waals surface area contributed by atoms with Crippen molar-refractivity contribution in [1.29, 1.82) is 0 Å². The van der Waals surface area contributed by atoms with Gasteiger partial charge in [0.2, 0.25) is 5.95 Å². The first-order valence-electron chi connectivity index (χ1n) is 4.77. The van der Waals surface area contributed by atoms with Crippen LogP contribution in [0.5, 0.6) is 0 Å². The summed E-state index contributed by atoms with van der Waals surface area (Å²) in [6, 6.07) is 5.74. The van der Waals surface area contributed by atoms with Gasteiger partial charge in [-0.2, -0.15) is 4.98 Å². The molecule has 0 fully saturated rings. The molecule has 0 aliphatic carbocycles. The molecule has 2 aromatic rings. The molecule has 5 nitrogen and oxygen atoms in total. The monoisotopic (exact) mass is 203 g/mol. The number of nitrogens with two attached hydrogens (primary N) is 2. The number of aromatic nitrogens is 2. The molecular weight excluding hydrogens is 190 g/mol. The van der Waals surface area contributed by atoms with E-state index in [1.54, 1.807) is 0 Å². The average molecular weight is 203 g/mol. The summed E-state index contributed by atoms with van der Waals surface area (Å²) in [5.41, 5.74) is 13.0. The molecular formula is C10H13N5. The number of hydrogen-bond acceptors (Lipinski definition) is 5. The van der Waals surface area contributed by atoms with Crippen molar-refractivity contribution in [3.05, 3.63) is 18.2 Å². The molecule has 1 heterocycles. The van der Waals surface area contributed by atoms with Crippen molar-refractivity contribution in [2.75, 3.05) is 23.3 Å². The maximum Gasteiger partial charge on any atom is 0.222 e. The predicted octanol–water partition coefficient (Wildman–Crippen LogP) is 1.23. The van der Waals surface area contributed by atoms with Crippen LogP contribution in [0.2, 0.25) is 0 Å². The molecule has 0 radical (unpaired) electrons. The SMILES string of the molecule is CCNc1ccc2nc(N)nc(N)c2c1. The van der Waals surface area contributed by atoms with Crippen LogP contribution in [0.15, 0.2) is 18.2 Å². The smallest absolute Gasteiger partial charge is 0.222 e. The lowest BCUT2D eigenvalue weighted by atomic mass is 10.2. The molecule has 0 unspecified atom stereocenters. The summed E-state index contributed by atoms with van der Waals surface area (Å²) in [4.78, 5) is 8.02. The zero-order chi connectivity index (χ0) is 10.8. The lowest BCUT2D eigenvalue weighted by Crippen LogP contribution is -2.01. The number of fused-ring (bicyclic) bond motifs is 1. The quantitative estimate of drug-likeness (QED) is 0.683. The normalized spacial score (nSPS) is 10.5. The molecule has 5 heteroatoms. The molecule has 0 bridgehead atoms. The van der Waals surface area contributed by atoms with Gasteiger partial charge in [0.1, 0.15) is 5.82 Å². The summed E-state index contributed by atoms with van der Waals surface area (Å²) in [6.45, 7) is 2.90. The number of nitrogen functional groups attached to an aromatic ring is 2. The second kappa shape index (κ2) is 3.61. The van der Waals surface area contributed by atoms with E-state index in [0.717, 1.165) is 23.1 Å². The van der Waals surface area contributed by atoms with E-state index in [1.165, 1.54) is 0 Å². The van der Waals surface area contributed by atoms with Gasteiger partial charge in [0.05, 0.1) is 5.52 Å². The predicted molar refractivity (Wildman–Crippen MR) is 62.5 cm³/mol. The van der Waals surface area contributed by atoms with E-state index in [2.05, 4.69) is 15.3 Å². The van der Waals surface area contributed by atoms with Crippen molar-refractivity contribution >= 4 is 28.4 Å². The van der Waals surface area contributed by atoms with E-state index in [4.69, 9.17) is 11.5 Å². The molecule has 2 rings (SSSR count). The lowest BCUT2D eigenvalue weighted by molar-refractivity contribution is 1.21.